The third kappa shape index (κ3) is 3.30. The Morgan fingerprint density at radius 1 is 1.25 bits per heavy atom. The Morgan fingerprint density at radius 3 is 2.50 bits per heavy atom. The number of hydrogen-bond donors (Lipinski definition) is 1. The number of anilines is 1. The van der Waals surface area contributed by atoms with Crippen molar-refractivity contribution in [3.63, 3.8) is 0 Å². The fraction of sp³-hybridized carbons (Fsp3) is 0.538. The van der Waals surface area contributed by atoms with E-state index >= 15 is 0 Å². The maximum absolute atomic E-state index is 13.8. The molecule has 7 heteroatoms. The highest BCUT2D eigenvalue weighted by Gasteiger charge is 2.13. The molecule has 2 heterocycles. The molecule has 0 amide bonds. The predicted molar refractivity (Wildman–Crippen MR) is 79.7 cm³/mol. The molecule has 112 valence electrons. The molecule has 0 saturated carbocycles. The minimum atomic E-state index is -0.288. The normalized spacial score (nSPS) is 10.4. The van der Waals surface area contributed by atoms with Crippen LogP contribution in [-0.2, 0) is 20.1 Å². The van der Waals surface area contributed by atoms with Gasteiger partial charge in [0.25, 0.3) is 0 Å². The van der Waals surface area contributed by atoms with E-state index < -0.39 is 0 Å². The lowest BCUT2D eigenvalue weighted by molar-refractivity contribution is 0.496. The van der Waals surface area contributed by atoms with Crippen molar-refractivity contribution in [3.8, 4) is 0 Å². The van der Waals surface area contributed by atoms with Crippen LogP contribution in [0.2, 0.25) is 0 Å². The molecule has 0 saturated heterocycles. The molecule has 20 heavy (non-hydrogen) atoms. The first kappa shape index (κ1) is 16.5. The summed E-state index contributed by atoms with van der Waals surface area (Å²) in [7, 11) is 1.61. The number of nitrogens with one attached hydrogen (secondary N) is 1. The van der Waals surface area contributed by atoms with Gasteiger partial charge in [-0.1, -0.05) is 6.92 Å². The minimum absolute atomic E-state index is 0. The first-order valence-corrected chi connectivity index (χ1v) is 6.48. The lowest BCUT2D eigenvalue weighted by atomic mass is 10.2. The standard InChI is InChI=1S/C13H20FN5.ClH/c1-5-6-19-8-12(10(3)17-19)15-7-11-9(2)16-18(4)13(11)14;/h8,15H,5-7H2,1-4H3;1H. The van der Waals surface area contributed by atoms with Crippen molar-refractivity contribution in [3.05, 3.63) is 29.1 Å². The minimum Gasteiger partial charge on any atom is -0.378 e. The molecule has 0 bridgehead atoms. The van der Waals surface area contributed by atoms with Crippen LogP contribution in [0.3, 0.4) is 0 Å². The molecule has 0 unspecified atom stereocenters. The molecule has 2 aromatic rings. The summed E-state index contributed by atoms with van der Waals surface area (Å²) in [4.78, 5) is 0. The Labute approximate surface area is 124 Å². The van der Waals surface area contributed by atoms with Gasteiger partial charge in [0.2, 0.25) is 5.95 Å². The molecule has 0 radical (unpaired) electrons. The topological polar surface area (TPSA) is 47.7 Å². The van der Waals surface area contributed by atoms with Gasteiger partial charge in [0.05, 0.1) is 17.1 Å². The van der Waals surface area contributed by atoms with E-state index in [4.69, 9.17) is 0 Å². The van der Waals surface area contributed by atoms with Gasteiger partial charge in [-0.15, -0.1) is 12.4 Å². The van der Waals surface area contributed by atoms with Gasteiger partial charge in [0.1, 0.15) is 0 Å². The first-order chi connectivity index (χ1) is 9.02. The molecular formula is C13H21ClFN5. The van der Waals surface area contributed by atoms with E-state index in [0.717, 1.165) is 24.3 Å². The Balaban J connectivity index is 0.00000200. The average Bonchev–Trinajstić information content (AvgIpc) is 2.80. The molecule has 0 aliphatic rings. The maximum atomic E-state index is 13.8. The van der Waals surface area contributed by atoms with E-state index in [1.54, 1.807) is 7.05 Å². The van der Waals surface area contributed by atoms with Crippen LogP contribution >= 0.6 is 12.4 Å². The summed E-state index contributed by atoms with van der Waals surface area (Å²) in [5.41, 5.74) is 3.18. The molecular weight excluding hydrogens is 281 g/mol. The summed E-state index contributed by atoms with van der Waals surface area (Å²) in [5, 5.41) is 11.7. The van der Waals surface area contributed by atoms with Crippen molar-refractivity contribution in [1.82, 2.24) is 19.6 Å². The number of aromatic nitrogens is 4. The van der Waals surface area contributed by atoms with Crippen LogP contribution in [0.15, 0.2) is 6.20 Å². The average molecular weight is 302 g/mol. The zero-order valence-corrected chi connectivity index (χ0v) is 13.1. The molecule has 0 aromatic carbocycles. The molecule has 2 aromatic heterocycles. The monoisotopic (exact) mass is 301 g/mol. The lowest BCUT2D eigenvalue weighted by Crippen LogP contribution is -2.03. The van der Waals surface area contributed by atoms with Gasteiger partial charge in [-0.2, -0.15) is 14.6 Å². The Bertz CT molecular complexity index is 576. The molecule has 0 fully saturated rings. The van der Waals surface area contributed by atoms with Crippen LogP contribution in [-0.4, -0.2) is 19.6 Å². The third-order valence-corrected chi connectivity index (χ3v) is 3.12. The van der Waals surface area contributed by atoms with Crippen LogP contribution in [0.25, 0.3) is 0 Å². The molecule has 0 aliphatic heterocycles. The van der Waals surface area contributed by atoms with E-state index in [-0.39, 0.29) is 18.4 Å². The van der Waals surface area contributed by atoms with Gasteiger partial charge in [-0.25, -0.2) is 4.68 Å². The van der Waals surface area contributed by atoms with Crippen LogP contribution in [0.4, 0.5) is 10.1 Å². The Kier molecular flexibility index (Phi) is 5.56. The second-order valence-corrected chi connectivity index (χ2v) is 4.72. The number of aryl methyl sites for hydroxylation is 4. The van der Waals surface area contributed by atoms with Crippen molar-refractivity contribution in [2.45, 2.75) is 40.3 Å². The van der Waals surface area contributed by atoms with Gasteiger partial charge in [-0.3, -0.25) is 4.68 Å². The first-order valence-electron chi connectivity index (χ1n) is 6.48. The fourth-order valence-corrected chi connectivity index (χ4v) is 2.09. The van der Waals surface area contributed by atoms with Crippen LogP contribution in [0, 0.1) is 19.8 Å². The van der Waals surface area contributed by atoms with Gasteiger partial charge >= 0.3 is 0 Å². The number of rotatable bonds is 5. The van der Waals surface area contributed by atoms with Crippen LogP contribution in [0.5, 0.6) is 0 Å². The molecule has 5 nitrogen and oxygen atoms in total. The van der Waals surface area contributed by atoms with Gasteiger partial charge in [0.15, 0.2) is 0 Å². The van der Waals surface area contributed by atoms with Crippen molar-refractivity contribution >= 4 is 18.1 Å². The van der Waals surface area contributed by atoms with Crippen LogP contribution < -0.4 is 5.32 Å². The summed E-state index contributed by atoms with van der Waals surface area (Å²) < 4.78 is 17.0. The molecule has 2 rings (SSSR count). The maximum Gasteiger partial charge on any atom is 0.216 e. The van der Waals surface area contributed by atoms with Gasteiger partial charge in [-0.05, 0) is 20.3 Å². The number of halogens is 2. The summed E-state index contributed by atoms with van der Waals surface area (Å²) >= 11 is 0. The van der Waals surface area contributed by atoms with E-state index in [2.05, 4.69) is 22.4 Å². The number of hydrogen-bond acceptors (Lipinski definition) is 3. The second kappa shape index (κ2) is 6.74. The third-order valence-electron chi connectivity index (χ3n) is 3.12. The largest absolute Gasteiger partial charge is 0.378 e. The fourth-order valence-electron chi connectivity index (χ4n) is 2.09. The Morgan fingerprint density at radius 2 is 1.95 bits per heavy atom. The molecule has 0 aliphatic carbocycles. The quantitative estimate of drug-likeness (QED) is 0.924. The van der Waals surface area contributed by atoms with E-state index in [9.17, 15) is 4.39 Å². The zero-order valence-electron chi connectivity index (χ0n) is 12.3. The smallest absolute Gasteiger partial charge is 0.216 e. The predicted octanol–water partition coefficient (Wildman–Crippen LogP) is 2.82. The summed E-state index contributed by atoms with van der Waals surface area (Å²) in [6, 6.07) is 0. The highest BCUT2D eigenvalue weighted by atomic mass is 35.5. The summed E-state index contributed by atoms with van der Waals surface area (Å²) in [6.07, 6.45) is 3.00. The van der Waals surface area contributed by atoms with Crippen molar-refractivity contribution in [2.75, 3.05) is 5.32 Å². The SMILES string of the molecule is CCCn1cc(NCc2c(C)nn(C)c2F)c(C)n1.Cl. The second-order valence-electron chi connectivity index (χ2n) is 4.72. The Hall–Kier alpha value is -1.56. The highest BCUT2D eigenvalue weighted by Crippen LogP contribution is 2.17. The van der Waals surface area contributed by atoms with Crippen molar-refractivity contribution in [1.29, 1.82) is 0 Å². The van der Waals surface area contributed by atoms with Gasteiger partial charge < -0.3 is 5.32 Å². The lowest BCUT2D eigenvalue weighted by Gasteiger charge is -2.03. The van der Waals surface area contributed by atoms with E-state index in [0.29, 0.717) is 17.8 Å². The summed E-state index contributed by atoms with van der Waals surface area (Å²) in [5.74, 6) is -0.288. The molecule has 0 spiro atoms. The van der Waals surface area contributed by atoms with E-state index in [1.165, 1.54) is 4.68 Å². The van der Waals surface area contributed by atoms with Crippen molar-refractivity contribution in [2.24, 2.45) is 7.05 Å². The number of nitrogens with zero attached hydrogens (tertiary/aromatic N) is 4. The molecule has 1 N–H and O–H groups in total. The van der Waals surface area contributed by atoms with Gasteiger partial charge in [0, 0.05) is 31.9 Å². The summed E-state index contributed by atoms with van der Waals surface area (Å²) in [6.45, 7) is 7.18. The molecule has 0 atom stereocenters. The van der Waals surface area contributed by atoms with Crippen molar-refractivity contribution < 1.29 is 4.39 Å². The van der Waals surface area contributed by atoms with Crippen LogP contribution in [0.1, 0.15) is 30.3 Å². The zero-order chi connectivity index (χ0) is 14.0. The highest BCUT2D eigenvalue weighted by molar-refractivity contribution is 5.85. The van der Waals surface area contributed by atoms with E-state index in [1.807, 2.05) is 24.7 Å².